The summed E-state index contributed by atoms with van der Waals surface area (Å²) in [6, 6.07) is 0.364. The van der Waals surface area contributed by atoms with E-state index >= 15 is 0 Å². The van der Waals surface area contributed by atoms with E-state index in [1.54, 1.807) is 11.8 Å². The van der Waals surface area contributed by atoms with E-state index in [-0.39, 0.29) is 12.4 Å². The number of thioether (sulfide) groups is 1. The Bertz CT molecular complexity index is 180. The van der Waals surface area contributed by atoms with Gasteiger partial charge in [-0.05, 0) is 13.2 Å². The zero-order valence-corrected chi connectivity index (χ0v) is 10.4. The van der Waals surface area contributed by atoms with Gasteiger partial charge in [0, 0.05) is 37.8 Å². The molecule has 14 heavy (non-hydrogen) atoms. The maximum absolute atomic E-state index is 11.7. The van der Waals surface area contributed by atoms with Gasteiger partial charge in [-0.3, -0.25) is 4.79 Å². The molecule has 0 unspecified atom stereocenters. The maximum atomic E-state index is 11.7. The quantitative estimate of drug-likeness (QED) is 0.796. The van der Waals surface area contributed by atoms with E-state index in [1.807, 2.05) is 11.2 Å². The molecule has 0 aromatic carbocycles. The predicted molar refractivity (Wildman–Crippen MR) is 64.3 cm³/mol. The summed E-state index contributed by atoms with van der Waals surface area (Å²) in [4.78, 5) is 13.6. The Labute approximate surface area is 96.4 Å². The Morgan fingerprint density at radius 1 is 1.64 bits per heavy atom. The lowest BCUT2D eigenvalue weighted by Gasteiger charge is -2.34. The fourth-order valence-electron chi connectivity index (χ4n) is 1.54. The molecule has 1 rings (SSSR count). The fraction of sp³-hybridized carbons (Fsp3) is 0.889. The van der Waals surface area contributed by atoms with Crippen LogP contribution in [-0.2, 0) is 4.79 Å². The van der Waals surface area contributed by atoms with Gasteiger partial charge in [-0.1, -0.05) is 0 Å². The zero-order chi connectivity index (χ0) is 9.68. The van der Waals surface area contributed by atoms with E-state index < -0.39 is 0 Å². The first-order chi connectivity index (χ1) is 6.25. The fourth-order valence-corrected chi connectivity index (χ4v) is 1.92. The average Bonchev–Trinajstić information content (AvgIpc) is 2.15. The molecule has 1 N–H and O–H groups in total. The van der Waals surface area contributed by atoms with Crippen molar-refractivity contribution >= 4 is 30.1 Å². The molecule has 1 saturated heterocycles. The number of carbonyl (C=O) groups excluding carboxylic acids is 1. The normalized spacial score (nSPS) is 21.6. The van der Waals surface area contributed by atoms with Gasteiger partial charge >= 0.3 is 0 Å². The highest BCUT2D eigenvalue weighted by atomic mass is 35.5. The molecule has 1 atom stereocenters. The summed E-state index contributed by atoms with van der Waals surface area (Å²) in [6.45, 7) is 4.85. The highest BCUT2D eigenvalue weighted by molar-refractivity contribution is 7.98. The van der Waals surface area contributed by atoms with Gasteiger partial charge in [0.15, 0.2) is 0 Å². The molecule has 1 heterocycles. The predicted octanol–water partition coefficient (Wildman–Crippen LogP) is 0.982. The summed E-state index contributed by atoms with van der Waals surface area (Å²) in [5.74, 6) is 1.25. The van der Waals surface area contributed by atoms with Gasteiger partial charge < -0.3 is 10.2 Å². The van der Waals surface area contributed by atoms with E-state index in [4.69, 9.17) is 0 Å². The lowest BCUT2D eigenvalue weighted by atomic mass is 10.2. The minimum absolute atomic E-state index is 0. The molecule has 1 aliphatic heterocycles. The summed E-state index contributed by atoms with van der Waals surface area (Å²) in [7, 11) is 0. The van der Waals surface area contributed by atoms with Crippen molar-refractivity contribution < 1.29 is 4.79 Å². The van der Waals surface area contributed by atoms with Gasteiger partial charge in [-0.25, -0.2) is 0 Å². The van der Waals surface area contributed by atoms with Gasteiger partial charge in [0.1, 0.15) is 0 Å². The monoisotopic (exact) mass is 238 g/mol. The number of nitrogens with one attached hydrogen (secondary N) is 1. The third kappa shape index (κ3) is 4.07. The minimum atomic E-state index is 0. The van der Waals surface area contributed by atoms with Crippen molar-refractivity contribution in [3.05, 3.63) is 0 Å². The molecule has 0 spiro atoms. The molecule has 1 amide bonds. The van der Waals surface area contributed by atoms with Crippen LogP contribution < -0.4 is 5.32 Å². The molecule has 1 aliphatic rings. The molecule has 3 nitrogen and oxygen atoms in total. The Balaban J connectivity index is 0.00000169. The number of hydrogen-bond donors (Lipinski definition) is 1. The van der Waals surface area contributed by atoms with Crippen LogP contribution >= 0.6 is 24.2 Å². The smallest absolute Gasteiger partial charge is 0.223 e. The molecule has 84 valence electrons. The number of nitrogens with zero attached hydrogens (tertiary/aromatic N) is 1. The number of carbonyl (C=O) groups is 1. The van der Waals surface area contributed by atoms with Crippen molar-refractivity contribution in [3.8, 4) is 0 Å². The first kappa shape index (κ1) is 14.1. The van der Waals surface area contributed by atoms with Crippen LogP contribution in [0.4, 0.5) is 0 Å². The first-order valence-corrected chi connectivity index (χ1v) is 6.14. The summed E-state index contributed by atoms with van der Waals surface area (Å²) >= 11 is 1.73. The highest BCUT2D eigenvalue weighted by Crippen LogP contribution is 2.06. The Hall–Kier alpha value is 0.0700. The number of rotatable bonds is 3. The second-order valence-electron chi connectivity index (χ2n) is 3.38. The van der Waals surface area contributed by atoms with Gasteiger partial charge in [0.05, 0.1) is 0 Å². The van der Waals surface area contributed by atoms with Crippen LogP contribution in [0.25, 0.3) is 0 Å². The molecule has 5 heteroatoms. The molecule has 1 fully saturated rings. The van der Waals surface area contributed by atoms with Crippen molar-refractivity contribution in [2.24, 2.45) is 0 Å². The third-order valence-electron chi connectivity index (χ3n) is 2.34. The third-order valence-corrected chi connectivity index (χ3v) is 2.95. The zero-order valence-electron chi connectivity index (χ0n) is 8.78. The van der Waals surface area contributed by atoms with Crippen LogP contribution in [0.5, 0.6) is 0 Å². The van der Waals surface area contributed by atoms with E-state index in [0.717, 1.165) is 25.4 Å². The Kier molecular flexibility index (Phi) is 7.41. The summed E-state index contributed by atoms with van der Waals surface area (Å²) in [6.07, 6.45) is 2.72. The molecule has 0 radical (unpaired) electrons. The van der Waals surface area contributed by atoms with E-state index in [9.17, 15) is 4.79 Å². The first-order valence-electron chi connectivity index (χ1n) is 4.75. The van der Waals surface area contributed by atoms with Gasteiger partial charge in [-0.2, -0.15) is 11.8 Å². The topological polar surface area (TPSA) is 32.3 Å². The molecule has 0 aliphatic carbocycles. The lowest BCUT2D eigenvalue weighted by Crippen LogP contribution is -2.52. The number of piperazine rings is 1. The van der Waals surface area contributed by atoms with Crippen LogP contribution in [-0.4, -0.2) is 48.5 Å². The molecule has 0 aromatic rings. The van der Waals surface area contributed by atoms with Crippen LogP contribution in [0.2, 0.25) is 0 Å². The standard InChI is InChI=1S/C9H18N2OS.ClH/c1-8-7-10-4-5-11(8)9(12)3-6-13-2;/h8,10H,3-7H2,1-2H3;1H/t8-;/m0./s1. The average molecular weight is 239 g/mol. The minimum Gasteiger partial charge on any atom is -0.337 e. The summed E-state index contributed by atoms with van der Waals surface area (Å²) in [5, 5.41) is 3.28. The van der Waals surface area contributed by atoms with Crippen LogP contribution in [0.3, 0.4) is 0 Å². The number of halogens is 1. The molecular formula is C9H19ClN2OS. The van der Waals surface area contributed by atoms with Crippen molar-refractivity contribution in [1.82, 2.24) is 10.2 Å². The molecule has 0 saturated carbocycles. The van der Waals surface area contributed by atoms with Gasteiger partial charge in [-0.15, -0.1) is 12.4 Å². The van der Waals surface area contributed by atoms with E-state index in [0.29, 0.717) is 18.4 Å². The van der Waals surface area contributed by atoms with Gasteiger partial charge in [0.2, 0.25) is 5.91 Å². The SMILES string of the molecule is CSCCC(=O)N1CCNC[C@@H]1C.Cl. The van der Waals surface area contributed by atoms with Gasteiger partial charge in [0.25, 0.3) is 0 Å². The second-order valence-corrected chi connectivity index (χ2v) is 4.37. The largest absolute Gasteiger partial charge is 0.337 e. The van der Waals surface area contributed by atoms with Crippen molar-refractivity contribution in [1.29, 1.82) is 0 Å². The molecule has 0 aromatic heterocycles. The van der Waals surface area contributed by atoms with Crippen molar-refractivity contribution in [2.75, 3.05) is 31.6 Å². The summed E-state index contributed by atoms with van der Waals surface area (Å²) in [5.41, 5.74) is 0. The Morgan fingerprint density at radius 3 is 2.93 bits per heavy atom. The molecule has 0 bridgehead atoms. The number of amides is 1. The molecular weight excluding hydrogens is 220 g/mol. The highest BCUT2D eigenvalue weighted by Gasteiger charge is 2.21. The van der Waals surface area contributed by atoms with Crippen molar-refractivity contribution in [3.63, 3.8) is 0 Å². The maximum Gasteiger partial charge on any atom is 0.223 e. The van der Waals surface area contributed by atoms with Crippen molar-refractivity contribution in [2.45, 2.75) is 19.4 Å². The van der Waals surface area contributed by atoms with Crippen LogP contribution in [0.15, 0.2) is 0 Å². The van der Waals surface area contributed by atoms with E-state index in [2.05, 4.69) is 12.2 Å². The van der Waals surface area contributed by atoms with Crippen LogP contribution in [0.1, 0.15) is 13.3 Å². The Morgan fingerprint density at radius 2 is 2.36 bits per heavy atom. The lowest BCUT2D eigenvalue weighted by molar-refractivity contribution is -0.133. The second kappa shape index (κ2) is 7.37. The van der Waals surface area contributed by atoms with Crippen LogP contribution in [0, 0.1) is 0 Å². The number of hydrogen-bond acceptors (Lipinski definition) is 3. The summed E-state index contributed by atoms with van der Waals surface area (Å²) < 4.78 is 0. The van der Waals surface area contributed by atoms with E-state index in [1.165, 1.54) is 0 Å².